The van der Waals surface area contributed by atoms with Gasteiger partial charge in [-0.05, 0) is 18.2 Å². The number of hydrogen-bond acceptors (Lipinski definition) is 3. The first-order valence-electron chi connectivity index (χ1n) is 6.64. The van der Waals surface area contributed by atoms with Gasteiger partial charge < -0.3 is 15.2 Å². The Morgan fingerprint density at radius 3 is 2.90 bits per heavy atom. The average molecular weight is 308 g/mol. The van der Waals surface area contributed by atoms with E-state index in [1.807, 2.05) is 6.07 Å². The van der Waals surface area contributed by atoms with Gasteiger partial charge in [0.05, 0.1) is 17.7 Å². The molecule has 1 heterocycles. The smallest absolute Gasteiger partial charge is 0.131 e. The SMILES string of the molecule is COc1cccc(Cl)c1C1CC(N)c2ccc(F)cc2O1. The van der Waals surface area contributed by atoms with E-state index in [-0.39, 0.29) is 18.0 Å². The Balaban J connectivity index is 2.03. The molecule has 1 aliphatic heterocycles. The van der Waals surface area contributed by atoms with E-state index in [0.29, 0.717) is 22.9 Å². The summed E-state index contributed by atoms with van der Waals surface area (Å²) in [5.41, 5.74) is 7.73. The molecule has 0 amide bonds. The topological polar surface area (TPSA) is 44.5 Å². The highest BCUT2D eigenvalue weighted by Crippen LogP contribution is 2.44. The van der Waals surface area contributed by atoms with Gasteiger partial charge in [0.2, 0.25) is 0 Å². The monoisotopic (exact) mass is 307 g/mol. The van der Waals surface area contributed by atoms with Crippen molar-refractivity contribution in [3.05, 3.63) is 58.4 Å². The summed E-state index contributed by atoms with van der Waals surface area (Å²) in [7, 11) is 1.57. The van der Waals surface area contributed by atoms with Crippen molar-refractivity contribution >= 4 is 11.6 Å². The third-order valence-corrected chi connectivity index (χ3v) is 4.00. The van der Waals surface area contributed by atoms with E-state index in [1.54, 1.807) is 25.3 Å². The molecule has 2 unspecified atom stereocenters. The Bertz CT molecular complexity index is 677. The minimum atomic E-state index is -0.363. The van der Waals surface area contributed by atoms with Gasteiger partial charge in [-0.3, -0.25) is 0 Å². The van der Waals surface area contributed by atoms with E-state index in [0.717, 1.165) is 11.1 Å². The summed E-state index contributed by atoms with van der Waals surface area (Å²) < 4.78 is 24.7. The number of rotatable bonds is 2. The first-order valence-corrected chi connectivity index (χ1v) is 7.02. The van der Waals surface area contributed by atoms with Crippen molar-refractivity contribution in [2.45, 2.75) is 18.6 Å². The summed E-state index contributed by atoms with van der Waals surface area (Å²) in [6.45, 7) is 0. The van der Waals surface area contributed by atoms with Gasteiger partial charge in [0.25, 0.3) is 0 Å². The first-order chi connectivity index (χ1) is 10.1. The maximum Gasteiger partial charge on any atom is 0.131 e. The van der Waals surface area contributed by atoms with Crippen LogP contribution < -0.4 is 15.2 Å². The minimum Gasteiger partial charge on any atom is -0.496 e. The Kier molecular flexibility index (Phi) is 3.74. The summed E-state index contributed by atoms with van der Waals surface area (Å²) in [5, 5.41) is 0.548. The zero-order chi connectivity index (χ0) is 15.0. The van der Waals surface area contributed by atoms with Crippen LogP contribution in [0, 0.1) is 5.82 Å². The Hall–Kier alpha value is -1.78. The number of halogens is 2. The number of fused-ring (bicyclic) bond motifs is 1. The predicted octanol–water partition coefficient (Wildman–Crippen LogP) is 4.01. The fourth-order valence-corrected chi connectivity index (χ4v) is 2.95. The van der Waals surface area contributed by atoms with Crippen molar-refractivity contribution in [2.75, 3.05) is 7.11 Å². The van der Waals surface area contributed by atoms with E-state index in [1.165, 1.54) is 12.1 Å². The van der Waals surface area contributed by atoms with E-state index < -0.39 is 0 Å². The van der Waals surface area contributed by atoms with E-state index in [4.69, 9.17) is 26.8 Å². The molecular formula is C16H15ClFNO2. The highest BCUT2D eigenvalue weighted by molar-refractivity contribution is 6.31. The Morgan fingerprint density at radius 2 is 2.14 bits per heavy atom. The van der Waals surface area contributed by atoms with Crippen LogP contribution in [0.25, 0.3) is 0 Å². The van der Waals surface area contributed by atoms with Gasteiger partial charge in [-0.1, -0.05) is 23.7 Å². The lowest BCUT2D eigenvalue weighted by atomic mass is 9.93. The normalized spacial score (nSPS) is 20.6. The lowest BCUT2D eigenvalue weighted by Crippen LogP contribution is -2.24. The molecule has 5 heteroatoms. The molecular weight excluding hydrogens is 293 g/mol. The van der Waals surface area contributed by atoms with Gasteiger partial charge in [0, 0.05) is 24.1 Å². The largest absolute Gasteiger partial charge is 0.496 e. The van der Waals surface area contributed by atoms with Gasteiger partial charge >= 0.3 is 0 Å². The van der Waals surface area contributed by atoms with Crippen LogP contribution in [0.1, 0.15) is 29.7 Å². The van der Waals surface area contributed by atoms with E-state index in [9.17, 15) is 4.39 Å². The summed E-state index contributed by atoms with van der Waals surface area (Å²) in [6.07, 6.45) is 0.191. The van der Waals surface area contributed by atoms with Gasteiger partial charge in [-0.15, -0.1) is 0 Å². The van der Waals surface area contributed by atoms with Crippen molar-refractivity contribution in [3.8, 4) is 11.5 Å². The second kappa shape index (κ2) is 5.54. The minimum absolute atomic E-state index is 0.236. The number of nitrogens with two attached hydrogens (primary N) is 1. The Labute approximate surface area is 127 Å². The van der Waals surface area contributed by atoms with E-state index >= 15 is 0 Å². The predicted molar refractivity (Wildman–Crippen MR) is 79.3 cm³/mol. The van der Waals surface area contributed by atoms with Crippen LogP contribution in [0.2, 0.25) is 5.02 Å². The third kappa shape index (κ3) is 2.57. The molecule has 0 spiro atoms. The fourth-order valence-electron chi connectivity index (χ4n) is 2.66. The van der Waals surface area contributed by atoms with Crippen molar-refractivity contribution in [2.24, 2.45) is 5.73 Å². The van der Waals surface area contributed by atoms with Crippen LogP contribution in [0.15, 0.2) is 36.4 Å². The van der Waals surface area contributed by atoms with E-state index in [2.05, 4.69) is 0 Å². The fraction of sp³-hybridized carbons (Fsp3) is 0.250. The van der Waals surface area contributed by atoms with Crippen LogP contribution in [0.3, 0.4) is 0 Å². The lowest BCUT2D eigenvalue weighted by Gasteiger charge is -2.31. The van der Waals surface area contributed by atoms with Crippen LogP contribution in [0.4, 0.5) is 4.39 Å². The van der Waals surface area contributed by atoms with Gasteiger partial charge in [0.15, 0.2) is 0 Å². The zero-order valence-corrected chi connectivity index (χ0v) is 12.2. The molecule has 1 aliphatic rings. The van der Waals surface area contributed by atoms with Crippen molar-refractivity contribution in [1.82, 2.24) is 0 Å². The maximum atomic E-state index is 13.4. The molecule has 2 aromatic rings. The summed E-state index contributed by atoms with van der Waals surface area (Å²) in [5.74, 6) is 0.744. The molecule has 3 nitrogen and oxygen atoms in total. The molecule has 21 heavy (non-hydrogen) atoms. The number of ether oxygens (including phenoxy) is 2. The van der Waals surface area contributed by atoms with Crippen LogP contribution in [-0.4, -0.2) is 7.11 Å². The quantitative estimate of drug-likeness (QED) is 0.911. The van der Waals surface area contributed by atoms with Crippen LogP contribution >= 0.6 is 11.6 Å². The number of hydrogen-bond donors (Lipinski definition) is 1. The summed E-state index contributed by atoms with van der Waals surface area (Å²) in [6, 6.07) is 9.56. The average Bonchev–Trinajstić information content (AvgIpc) is 2.46. The summed E-state index contributed by atoms with van der Waals surface area (Å²) in [4.78, 5) is 0. The molecule has 2 aromatic carbocycles. The zero-order valence-electron chi connectivity index (χ0n) is 11.5. The summed E-state index contributed by atoms with van der Waals surface area (Å²) >= 11 is 6.27. The second-order valence-corrected chi connectivity index (χ2v) is 5.39. The lowest BCUT2D eigenvalue weighted by molar-refractivity contribution is 0.157. The second-order valence-electron chi connectivity index (χ2n) is 4.99. The molecule has 0 saturated carbocycles. The van der Waals surface area contributed by atoms with Gasteiger partial charge in [-0.2, -0.15) is 0 Å². The number of methoxy groups -OCH3 is 1. The number of benzene rings is 2. The molecule has 0 radical (unpaired) electrons. The van der Waals surface area contributed by atoms with Gasteiger partial charge in [0.1, 0.15) is 23.4 Å². The third-order valence-electron chi connectivity index (χ3n) is 3.67. The molecule has 2 N–H and O–H groups in total. The van der Waals surface area contributed by atoms with Crippen molar-refractivity contribution < 1.29 is 13.9 Å². The highest BCUT2D eigenvalue weighted by Gasteiger charge is 2.30. The molecule has 110 valence electrons. The molecule has 0 aliphatic carbocycles. The molecule has 0 fully saturated rings. The molecule has 3 rings (SSSR count). The standard InChI is InChI=1S/C16H15ClFNO2/c1-20-13-4-2-3-11(17)16(13)15-8-12(19)10-6-5-9(18)7-14(10)21-15/h2-7,12,15H,8,19H2,1H3. The van der Waals surface area contributed by atoms with Crippen LogP contribution in [-0.2, 0) is 0 Å². The Morgan fingerprint density at radius 1 is 1.33 bits per heavy atom. The van der Waals surface area contributed by atoms with Crippen LogP contribution in [0.5, 0.6) is 11.5 Å². The maximum absolute atomic E-state index is 13.4. The van der Waals surface area contributed by atoms with Crippen molar-refractivity contribution in [3.63, 3.8) is 0 Å². The first kappa shape index (κ1) is 14.2. The molecule has 0 aromatic heterocycles. The van der Waals surface area contributed by atoms with Crippen molar-refractivity contribution in [1.29, 1.82) is 0 Å². The molecule has 2 atom stereocenters. The molecule has 0 saturated heterocycles. The highest BCUT2D eigenvalue weighted by atomic mass is 35.5. The van der Waals surface area contributed by atoms with Gasteiger partial charge in [-0.25, -0.2) is 4.39 Å². The molecule has 0 bridgehead atoms.